The summed E-state index contributed by atoms with van der Waals surface area (Å²) in [6.07, 6.45) is 0.916. The molecule has 2 aromatic rings. The van der Waals surface area contributed by atoms with Crippen molar-refractivity contribution in [1.29, 1.82) is 0 Å². The van der Waals surface area contributed by atoms with Crippen LogP contribution < -0.4 is 10.6 Å². The SMILES string of the molecule is CCc1cccc(NC(=O)c2ccc(NC3=NC4CS(=O)(=O)CC4S3)cc2)c1. The topological polar surface area (TPSA) is 87.6 Å². The maximum Gasteiger partial charge on any atom is 0.255 e. The van der Waals surface area contributed by atoms with Crippen LogP contribution >= 0.6 is 11.8 Å². The molecule has 2 aliphatic rings. The number of aryl methyl sites for hydroxylation is 1. The van der Waals surface area contributed by atoms with Gasteiger partial charge in [0.2, 0.25) is 0 Å². The number of nitrogens with zero attached hydrogens (tertiary/aromatic N) is 1. The van der Waals surface area contributed by atoms with Gasteiger partial charge < -0.3 is 10.6 Å². The van der Waals surface area contributed by atoms with Crippen molar-refractivity contribution in [1.82, 2.24) is 0 Å². The maximum atomic E-state index is 12.4. The van der Waals surface area contributed by atoms with E-state index in [0.717, 1.165) is 23.0 Å². The summed E-state index contributed by atoms with van der Waals surface area (Å²) in [5, 5.41) is 6.88. The second-order valence-corrected chi connectivity index (χ2v) is 10.3. The molecular weight excluding hydrogens is 394 g/mol. The first-order valence-corrected chi connectivity index (χ1v) is 11.8. The molecule has 2 unspecified atom stereocenters. The lowest BCUT2D eigenvalue weighted by Gasteiger charge is -2.09. The van der Waals surface area contributed by atoms with Crippen LogP contribution in [0.15, 0.2) is 53.5 Å². The number of benzene rings is 2. The Hall–Kier alpha value is -2.32. The van der Waals surface area contributed by atoms with Gasteiger partial charge in [-0.25, -0.2) is 8.42 Å². The van der Waals surface area contributed by atoms with Crippen LogP contribution in [0.5, 0.6) is 0 Å². The Balaban J connectivity index is 1.38. The van der Waals surface area contributed by atoms with E-state index >= 15 is 0 Å². The third-order valence-corrected chi connectivity index (χ3v) is 7.95. The predicted molar refractivity (Wildman–Crippen MR) is 115 cm³/mol. The first kappa shape index (κ1) is 19.0. The van der Waals surface area contributed by atoms with Crippen molar-refractivity contribution >= 4 is 44.0 Å². The van der Waals surface area contributed by atoms with E-state index in [9.17, 15) is 13.2 Å². The van der Waals surface area contributed by atoms with Crippen LogP contribution in [0.4, 0.5) is 11.4 Å². The van der Waals surface area contributed by atoms with Gasteiger partial charge in [-0.1, -0.05) is 30.8 Å². The molecule has 0 radical (unpaired) electrons. The number of nitrogens with one attached hydrogen (secondary N) is 2. The van der Waals surface area contributed by atoms with E-state index in [1.54, 1.807) is 12.1 Å². The van der Waals surface area contributed by atoms with Crippen LogP contribution in [0.3, 0.4) is 0 Å². The van der Waals surface area contributed by atoms with Crippen molar-refractivity contribution < 1.29 is 13.2 Å². The van der Waals surface area contributed by atoms with E-state index in [0.29, 0.717) is 5.56 Å². The van der Waals surface area contributed by atoms with Gasteiger partial charge in [-0.15, -0.1) is 0 Å². The van der Waals surface area contributed by atoms with Crippen molar-refractivity contribution in [2.45, 2.75) is 24.6 Å². The molecular formula is C20H21N3O3S2. The number of hydrogen-bond donors (Lipinski definition) is 2. The minimum Gasteiger partial charge on any atom is -0.335 e. The minimum absolute atomic E-state index is 0.0106. The molecule has 2 aliphatic heterocycles. The van der Waals surface area contributed by atoms with E-state index < -0.39 is 9.84 Å². The Labute approximate surface area is 168 Å². The zero-order chi connectivity index (χ0) is 19.7. The fourth-order valence-corrected chi connectivity index (χ4v) is 6.99. The molecule has 0 saturated carbocycles. The van der Waals surface area contributed by atoms with Crippen molar-refractivity contribution in [3.63, 3.8) is 0 Å². The fraction of sp³-hybridized carbons (Fsp3) is 0.300. The van der Waals surface area contributed by atoms with E-state index in [1.807, 2.05) is 36.4 Å². The zero-order valence-corrected chi connectivity index (χ0v) is 17.0. The largest absolute Gasteiger partial charge is 0.335 e. The van der Waals surface area contributed by atoms with E-state index in [1.165, 1.54) is 17.3 Å². The molecule has 8 heteroatoms. The molecule has 0 aliphatic carbocycles. The number of anilines is 2. The van der Waals surface area contributed by atoms with Gasteiger partial charge in [-0.05, 0) is 48.4 Å². The predicted octanol–water partition coefficient (Wildman–Crippen LogP) is 3.18. The summed E-state index contributed by atoms with van der Waals surface area (Å²) in [6.45, 7) is 2.08. The van der Waals surface area contributed by atoms with Gasteiger partial charge >= 0.3 is 0 Å². The number of aliphatic imine (C=N–C) groups is 1. The van der Waals surface area contributed by atoms with Gasteiger partial charge in [0.15, 0.2) is 15.0 Å². The van der Waals surface area contributed by atoms with Crippen molar-refractivity contribution in [3.05, 3.63) is 59.7 Å². The first-order valence-electron chi connectivity index (χ1n) is 9.14. The summed E-state index contributed by atoms with van der Waals surface area (Å²) < 4.78 is 23.3. The molecule has 28 heavy (non-hydrogen) atoms. The van der Waals surface area contributed by atoms with Gasteiger partial charge in [-0.3, -0.25) is 9.79 Å². The average Bonchev–Trinajstić information content (AvgIpc) is 3.15. The Morgan fingerprint density at radius 1 is 1.14 bits per heavy atom. The number of rotatable bonds is 4. The van der Waals surface area contributed by atoms with Crippen LogP contribution in [0.1, 0.15) is 22.8 Å². The molecule has 146 valence electrons. The highest BCUT2D eigenvalue weighted by molar-refractivity contribution is 8.15. The van der Waals surface area contributed by atoms with E-state index in [2.05, 4.69) is 22.5 Å². The summed E-state index contributed by atoms with van der Waals surface area (Å²) in [4.78, 5) is 16.9. The Kier molecular flexibility index (Phi) is 5.16. The summed E-state index contributed by atoms with van der Waals surface area (Å²) in [5.74, 6) is 0.163. The van der Waals surface area contributed by atoms with Crippen LogP contribution in [-0.2, 0) is 16.3 Å². The van der Waals surface area contributed by atoms with Gasteiger partial charge in [0.05, 0.1) is 17.5 Å². The Bertz CT molecular complexity index is 1030. The average molecular weight is 416 g/mol. The highest BCUT2D eigenvalue weighted by Gasteiger charge is 2.42. The number of thioether (sulfide) groups is 1. The number of amidine groups is 1. The number of fused-ring (bicyclic) bond motifs is 1. The molecule has 2 heterocycles. The lowest BCUT2D eigenvalue weighted by Crippen LogP contribution is -2.13. The van der Waals surface area contributed by atoms with Crippen LogP contribution in [-0.4, -0.2) is 42.3 Å². The van der Waals surface area contributed by atoms with Crippen LogP contribution in [0.25, 0.3) is 0 Å². The monoisotopic (exact) mass is 415 g/mol. The second kappa shape index (κ2) is 7.60. The summed E-state index contributed by atoms with van der Waals surface area (Å²) in [5.41, 5.74) is 3.34. The van der Waals surface area contributed by atoms with E-state index in [-0.39, 0.29) is 28.7 Å². The molecule has 1 saturated heterocycles. The Morgan fingerprint density at radius 2 is 1.93 bits per heavy atom. The molecule has 4 rings (SSSR count). The fourth-order valence-electron chi connectivity index (χ4n) is 3.32. The smallest absolute Gasteiger partial charge is 0.255 e. The number of hydrogen-bond acceptors (Lipinski definition) is 6. The molecule has 2 atom stereocenters. The molecule has 2 N–H and O–H groups in total. The standard InChI is InChI=1S/C20H21N3O3S2/c1-2-13-4-3-5-16(10-13)21-19(24)14-6-8-15(9-7-14)22-20-23-17-11-28(25,26)12-18(17)27-20/h3-10,17-18H,2,11-12H2,1H3,(H,21,24)(H,22,23). The lowest BCUT2D eigenvalue weighted by atomic mass is 10.1. The molecule has 0 spiro atoms. The molecule has 1 amide bonds. The van der Waals surface area contributed by atoms with Gasteiger partial charge in [-0.2, -0.15) is 0 Å². The molecule has 0 bridgehead atoms. The highest BCUT2D eigenvalue weighted by Crippen LogP contribution is 2.34. The first-order chi connectivity index (χ1) is 13.4. The van der Waals surface area contributed by atoms with Crippen molar-refractivity contribution in [2.75, 3.05) is 22.1 Å². The normalized spacial score (nSPS) is 22.4. The lowest BCUT2D eigenvalue weighted by molar-refractivity contribution is 0.102. The third-order valence-electron chi connectivity index (χ3n) is 4.81. The van der Waals surface area contributed by atoms with Gasteiger partial charge in [0.1, 0.15) is 0 Å². The number of sulfone groups is 1. The molecule has 1 fully saturated rings. The van der Waals surface area contributed by atoms with E-state index in [4.69, 9.17) is 0 Å². The summed E-state index contributed by atoms with van der Waals surface area (Å²) in [7, 11) is -2.95. The Morgan fingerprint density at radius 3 is 2.64 bits per heavy atom. The number of carbonyl (C=O) groups excluding carboxylic acids is 1. The summed E-state index contributed by atoms with van der Waals surface area (Å²) >= 11 is 1.47. The number of carbonyl (C=O) groups is 1. The maximum absolute atomic E-state index is 12.4. The number of amides is 1. The second-order valence-electron chi connectivity index (χ2n) is 6.95. The summed E-state index contributed by atoms with van der Waals surface area (Å²) in [6, 6.07) is 14.8. The van der Waals surface area contributed by atoms with Crippen molar-refractivity contribution in [2.24, 2.45) is 4.99 Å². The quantitative estimate of drug-likeness (QED) is 0.801. The van der Waals surface area contributed by atoms with Crippen molar-refractivity contribution in [3.8, 4) is 0 Å². The molecule has 2 aromatic carbocycles. The minimum atomic E-state index is -2.95. The van der Waals surface area contributed by atoms with Crippen LogP contribution in [0.2, 0.25) is 0 Å². The van der Waals surface area contributed by atoms with Gasteiger partial charge in [0, 0.05) is 22.2 Å². The zero-order valence-electron chi connectivity index (χ0n) is 15.4. The molecule has 0 aromatic heterocycles. The third kappa shape index (κ3) is 4.23. The molecule has 6 nitrogen and oxygen atoms in total. The van der Waals surface area contributed by atoms with Crippen LogP contribution in [0, 0.1) is 0 Å². The van der Waals surface area contributed by atoms with Gasteiger partial charge in [0.25, 0.3) is 5.91 Å². The highest BCUT2D eigenvalue weighted by atomic mass is 32.2.